The summed E-state index contributed by atoms with van der Waals surface area (Å²) in [6.45, 7) is 12.1. The first-order chi connectivity index (χ1) is 25.7. The average Bonchev–Trinajstić information content (AvgIpc) is 3.53. The van der Waals surface area contributed by atoms with Crippen molar-refractivity contribution in [2.75, 3.05) is 4.81 Å². The summed E-state index contributed by atoms with van der Waals surface area (Å²) in [6, 6.07) is 59.6. The summed E-state index contributed by atoms with van der Waals surface area (Å²) in [4.78, 5) is 2.75. The van der Waals surface area contributed by atoms with Crippen LogP contribution in [0.3, 0.4) is 0 Å². The predicted octanol–water partition coefficient (Wildman–Crippen LogP) is 10.7. The summed E-state index contributed by atoms with van der Waals surface area (Å²) in [5.74, 6) is 0. The van der Waals surface area contributed by atoms with Crippen molar-refractivity contribution in [1.29, 1.82) is 0 Å². The monoisotopic (exact) mass is 680 g/mol. The van der Waals surface area contributed by atoms with Gasteiger partial charge in [-0.3, -0.25) is 0 Å². The van der Waals surface area contributed by atoms with Crippen LogP contribution in [-0.2, 0) is 16.2 Å². The number of benzene rings is 7. The van der Waals surface area contributed by atoms with Crippen LogP contribution in [0.1, 0.15) is 73.6 Å². The fourth-order valence-corrected chi connectivity index (χ4v) is 10.9. The van der Waals surface area contributed by atoms with E-state index in [4.69, 9.17) is 0 Å². The normalized spacial score (nSPS) is 18.6. The van der Waals surface area contributed by atoms with E-state index in [2.05, 4.69) is 202 Å². The second kappa shape index (κ2) is 10.4. The molecule has 0 saturated heterocycles. The number of para-hydroxylation sites is 3. The summed E-state index contributed by atoms with van der Waals surface area (Å²) < 4.78 is 2.46. The third kappa shape index (κ3) is 3.75. The van der Waals surface area contributed by atoms with Crippen molar-refractivity contribution in [2.24, 2.45) is 0 Å². The Labute approximate surface area is 312 Å². The van der Waals surface area contributed by atoms with Gasteiger partial charge in [0.25, 0.3) is 0 Å². The van der Waals surface area contributed by atoms with Crippen molar-refractivity contribution in [1.82, 2.24) is 4.57 Å². The molecule has 11 rings (SSSR count). The van der Waals surface area contributed by atoms with E-state index < -0.39 is 0 Å². The molecule has 7 aromatic carbocycles. The van der Waals surface area contributed by atoms with Crippen LogP contribution in [0.5, 0.6) is 0 Å². The van der Waals surface area contributed by atoms with Crippen LogP contribution < -0.4 is 15.7 Å². The van der Waals surface area contributed by atoms with Gasteiger partial charge in [0.2, 0.25) is 0 Å². The van der Waals surface area contributed by atoms with E-state index >= 15 is 0 Å². The first-order valence-corrected chi connectivity index (χ1v) is 19.1. The molecule has 1 atom stereocenters. The molecule has 0 bridgehead atoms. The average molecular weight is 681 g/mol. The van der Waals surface area contributed by atoms with Crippen LogP contribution >= 0.6 is 0 Å². The molecule has 0 saturated carbocycles. The third-order valence-electron chi connectivity index (χ3n) is 13.3. The van der Waals surface area contributed by atoms with Crippen LogP contribution in [0.4, 0.5) is 11.4 Å². The first kappa shape index (κ1) is 30.8. The smallest absolute Gasteiger partial charge is 0.328 e. The van der Waals surface area contributed by atoms with Gasteiger partial charge in [0.15, 0.2) is 0 Å². The summed E-state index contributed by atoms with van der Waals surface area (Å²) in [5.41, 5.74) is 18.2. The Hall–Kier alpha value is -5.80. The van der Waals surface area contributed by atoms with Crippen LogP contribution in [0.2, 0.25) is 0 Å². The quantitative estimate of drug-likeness (QED) is 0.165. The van der Waals surface area contributed by atoms with Crippen molar-refractivity contribution >= 4 is 51.0 Å². The molecule has 3 aliphatic rings. The van der Waals surface area contributed by atoms with E-state index in [1.165, 1.54) is 88.7 Å². The van der Waals surface area contributed by atoms with E-state index in [1.54, 1.807) is 0 Å². The van der Waals surface area contributed by atoms with E-state index in [0.29, 0.717) is 0 Å². The van der Waals surface area contributed by atoms with Crippen molar-refractivity contribution in [2.45, 2.75) is 50.9 Å². The van der Waals surface area contributed by atoms with Gasteiger partial charge in [-0.2, -0.15) is 0 Å². The molecule has 0 amide bonds. The second-order valence-electron chi connectivity index (χ2n) is 16.6. The maximum absolute atomic E-state index is 2.75. The molecule has 0 radical (unpaired) electrons. The Morgan fingerprint density at radius 1 is 0.434 bits per heavy atom. The number of anilines is 2. The summed E-state index contributed by atoms with van der Waals surface area (Å²) in [5, 5.41) is 2.59. The van der Waals surface area contributed by atoms with Crippen molar-refractivity contribution < 1.29 is 0 Å². The van der Waals surface area contributed by atoms with Crippen molar-refractivity contribution in [3.8, 4) is 5.69 Å². The molecule has 1 aromatic heterocycles. The van der Waals surface area contributed by atoms with E-state index in [9.17, 15) is 0 Å². The maximum Gasteiger partial charge on any atom is 0.328 e. The van der Waals surface area contributed by atoms with E-state index in [1.807, 2.05) is 0 Å². The highest BCUT2D eigenvalue weighted by atomic mass is 15.1. The van der Waals surface area contributed by atoms with Crippen LogP contribution in [0.15, 0.2) is 158 Å². The topological polar surface area (TPSA) is 8.17 Å². The second-order valence-corrected chi connectivity index (χ2v) is 16.6. The van der Waals surface area contributed by atoms with Gasteiger partial charge in [-0.05, 0) is 87.1 Å². The van der Waals surface area contributed by atoms with Gasteiger partial charge in [0, 0.05) is 44.1 Å². The fraction of sp³-hybridized carbons (Fsp3) is 0.160. The zero-order valence-corrected chi connectivity index (χ0v) is 31.0. The Morgan fingerprint density at radius 2 is 1.04 bits per heavy atom. The highest BCUT2D eigenvalue weighted by Gasteiger charge is 2.54. The zero-order valence-electron chi connectivity index (χ0n) is 31.0. The number of fused-ring (bicyclic) bond motifs is 10. The van der Waals surface area contributed by atoms with E-state index in [0.717, 1.165) is 0 Å². The van der Waals surface area contributed by atoms with Gasteiger partial charge in [0.05, 0.1) is 11.0 Å². The Kier molecular flexibility index (Phi) is 6.05. The summed E-state index contributed by atoms with van der Waals surface area (Å²) in [7, 11) is 0. The molecule has 0 fully saturated rings. The molecule has 53 heavy (non-hydrogen) atoms. The summed E-state index contributed by atoms with van der Waals surface area (Å²) in [6.07, 6.45) is 0. The molecule has 3 heterocycles. The highest BCUT2D eigenvalue weighted by molar-refractivity contribution is 6.90. The van der Waals surface area contributed by atoms with Crippen LogP contribution in [0.25, 0.3) is 27.5 Å². The van der Waals surface area contributed by atoms with Gasteiger partial charge >= 0.3 is 6.85 Å². The van der Waals surface area contributed by atoms with Crippen LogP contribution in [-0.4, -0.2) is 11.4 Å². The Bertz CT molecular complexity index is 2820. The molecule has 3 heteroatoms. The highest BCUT2D eigenvalue weighted by Crippen LogP contribution is 2.57. The lowest BCUT2D eigenvalue weighted by atomic mass is 9.37. The number of hydrogen-bond donors (Lipinski definition) is 0. The molecular formula is C50H41BN2. The molecule has 2 aliphatic heterocycles. The zero-order chi connectivity index (χ0) is 35.9. The van der Waals surface area contributed by atoms with Gasteiger partial charge in [0.1, 0.15) is 0 Å². The lowest BCUT2D eigenvalue weighted by Gasteiger charge is -2.53. The van der Waals surface area contributed by atoms with Crippen molar-refractivity contribution in [3.63, 3.8) is 0 Å². The van der Waals surface area contributed by atoms with Gasteiger partial charge < -0.3 is 9.38 Å². The molecule has 2 nitrogen and oxygen atoms in total. The minimum absolute atomic E-state index is 0.0456. The predicted molar refractivity (Wildman–Crippen MR) is 224 cm³/mol. The third-order valence-corrected chi connectivity index (χ3v) is 13.3. The summed E-state index contributed by atoms with van der Waals surface area (Å²) >= 11 is 0. The Morgan fingerprint density at radius 3 is 1.85 bits per heavy atom. The van der Waals surface area contributed by atoms with Gasteiger partial charge in [-0.25, -0.2) is 0 Å². The largest absolute Gasteiger partial charge is 0.376 e. The molecule has 1 aliphatic carbocycles. The standard InChI is InChI=1S/C50H41BN2/c1-48(2)34-21-10-11-22-35(34)50(5)36-23-12-14-26-40(36)51(41-27-17-25-38(48)46(41)50)53-43-29-16-13-24-37(43)49(3,4)39-30-31-44-45(47(39)53)33-20-9-15-28-42(33)52(44)32-18-7-6-8-19-32/h6-31H,1-5H3. The first-order valence-electron chi connectivity index (χ1n) is 19.1. The van der Waals surface area contributed by atoms with Gasteiger partial charge in [-0.1, -0.05) is 155 Å². The lowest BCUT2D eigenvalue weighted by molar-refractivity contribution is 0.544. The SMILES string of the molecule is CC1(C)c2ccccc2C2(C)c3ccccc3B(N3c4ccccc4C(C)(C)c4ccc5c(c43)c3ccccc3n5-c3ccccc3)c3cccc1c32. The number of rotatable bonds is 2. The van der Waals surface area contributed by atoms with Crippen molar-refractivity contribution in [3.05, 3.63) is 197 Å². The molecule has 0 N–H and O–H groups in total. The maximum atomic E-state index is 2.75. The lowest BCUT2D eigenvalue weighted by Crippen LogP contribution is -2.65. The molecular weight excluding hydrogens is 639 g/mol. The molecule has 0 spiro atoms. The number of hydrogen-bond acceptors (Lipinski definition) is 1. The number of nitrogens with zero attached hydrogens (tertiary/aromatic N) is 2. The van der Waals surface area contributed by atoms with Gasteiger partial charge in [-0.15, -0.1) is 0 Å². The Balaban J connectivity index is 1.31. The minimum atomic E-state index is -0.294. The molecule has 254 valence electrons. The van der Waals surface area contributed by atoms with Crippen LogP contribution in [0, 0.1) is 0 Å². The fourth-order valence-electron chi connectivity index (χ4n) is 10.9. The molecule has 8 aromatic rings. The van der Waals surface area contributed by atoms with E-state index in [-0.39, 0.29) is 23.1 Å². The number of aromatic nitrogens is 1. The molecule has 1 unspecified atom stereocenters. The minimum Gasteiger partial charge on any atom is -0.376 e.